The summed E-state index contributed by atoms with van der Waals surface area (Å²) in [6.45, 7) is 4.21. The number of piperidine rings is 1. The van der Waals surface area contributed by atoms with E-state index in [1.54, 1.807) is 44.3 Å². The lowest BCUT2D eigenvalue weighted by Gasteiger charge is -2.38. The summed E-state index contributed by atoms with van der Waals surface area (Å²) in [5.41, 5.74) is -1.05. The smallest absolute Gasteiger partial charge is 0.369 e. The molecule has 5 amide bonds. The molecule has 2 saturated heterocycles. The number of aromatic nitrogens is 2. The van der Waals surface area contributed by atoms with Crippen molar-refractivity contribution in [2.45, 2.75) is 44.4 Å². The normalized spacial score (nSPS) is 18.0. The Bertz CT molecular complexity index is 2010. The standard InChI is InChI=1S/C33H26F3N7O5/c1-32(2,31(48)39-25-8-5-21(33(34,35)36)11-20(25)13-37)42-17-18(14-38-42)3-4-19-15-41(16-19)22-6-7-23-24(12-22)30(47)43(29(23)46)26-9-10-27(44)40-28(26)45/h5-8,11-12,14,17,19,26H,9-10,15-16H2,1-2H3,(H,39,48)(H,40,44,45). The average molecular weight is 658 g/mol. The van der Waals surface area contributed by atoms with Gasteiger partial charge < -0.3 is 10.2 Å². The van der Waals surface area contributed by atoms with Crippen LogP contribution in [-0.4, -0.2) is 63.3 Å². The number of amides is 5. The van der Waals surface area contributed by atoms with Crippen LogP contribution in [0, 0.1) is 29.1 Å². The summed E-state index contributed by atoms with van der Waals surface area (Å²) < 4.78 is 40.5. The number of halogens is 3. The molecule has 0 aliphatic carbocycles. The van der Waals surface area contributed by atoms with Crippen LogP contribution in [0.3, 0.4) is 0 Å². The number of nitrogens with one attached hydrogen (secondary N) is 2. The lowest BCUT2D eigenvalue weighted by Crippen LogP contribution is -2.54. The van der Waals surface area contributed by atoms with E-state index in [9.17, 15) is 42.4 Å². The zero-order chi connectivity index (χ0) is 34.5. The molecule has 0 spiro atoms. The Morgan fingerprint density at radius 3 is 2.46 bits per heavy atom. The van der Waals surface area contributed by atoms with Crippen molar-refractivity contribution in [1.82, 2.24) is 20.0 Å². The minimum Gasteiger partial charge on any atom is -0.369 e. The number of hydrogen-bond acceptors (Lipinski definition) is 8. The largest absolute Gasteiger partial charge is 0.416 e. The summed E-state index contributed by atoms with van der Waals surface area (Å²) in [6.07, 6.45) is -1.47. The van der Waals surface area contributed by atoms with Gasteiger partial charge in [0.05, 0.1) is 45.6 Å². The van der Waals surface area contributed by atoms with E-state index >= 15 is 0 Å². The maximum absolute atomic E-state index is 13.1. The van der Waals surface area contributed by atoms with E-state index in [0.717, 1.165) is 17.0 Å². The van der Waals surface area contributed by atoms with Gasteiger partial charge in [-0.15, -0.1) is 0 Å². The average Bonchev–Trinajstić information content (AvgIpc) is 3.59. The maximum Gasteiger partial charge on any atom is 0.416 e. The number of rotatable bonds is 5. The number of carbonyl (C=O) groups is 5. The lowest BCUT2D eigenvalue weighted by atomic mass is 9.98. The first-order chi connectivity index (χ1) is 22.7. The highest BCUT2D eigenvalue weighted by Gasteiger charge is 2.45. The Labute approximate surface area is 271 Å². The predicted octanol–water partition coefficient (Wildman–Crippen LogP) is 3.04. The number of anilines is 2. The van der Waals surface area contributed by atoms with E-state index in [1.807, 2.05) is 4.90 Å². The molecule has 4 heterocycles. The minimum atomic E-state index is -4.63. The maximum atomic E-state index is 13.1. The molecule has 48 heavy (non-hydrogen) atoms. The van der Waals surface area contributed by atoms with E-state index in [-0.39, 0.29) is 41.1 Å². The summed E-state index contributed by atoms with van der Waals surface area (Å²) in [7, 11) is 0. The molecule has 244 valence electrons. The van der Waals surface area contributed by atoms with Crippen molar-refractivity contribution < 1.29 is 37.1 Å². The third-order valence-electron chi connectivity index (χ3n) is 8.52. The second-order valence-corrected chi connectivity index (χ2v) is 12.1. The third-order valence-corrected chi connectivity index (χ3v) is 8.52. The molecule has 0 bridgehead atoms. The summed E-state index contributed by atoms with van der Waals surface area (Å²) in [5, 5.41) is 18.3. The van der Waals surface area contributed by atoms with Crippen molar-refractivity contribution >= 4 is 40.9 Å². The number of nitriles is 1. The van der Waals surface area contributed by atoms with Crippen LogP contribution in [0.15, 0.2) is 48.8 Å². The topological polar surface area (TPSA) is 158 Å². The first-order valence-electron chi connectivity index (χ1n) is 14.8. The first-order valence-corrected chi connectivity index (χ1v) is 14.8. The zero-order valence-corrected chi connectivity index (χ0v) is 25.5. The predicted molar refractivity (Wildman–Crippen MR) is 162 cm³/mol. The molecule has 2 fully saturated rings. The van der Waals surface area contributed by atoms with Crippen LogP contribution in [0.2, 0.25) is 0 Å². The van der Waals surface area contributed by atoms with Crippen LogP contribution in [0.1, 0.15) is 64.1 Å². The first kappa shape index (κ1) is 32.0. The molecule has 1 aromatic heterocycles. The van der Waals surface area contributed by atoms with Crippen molar-refractivity contribution in [3.63, 3.8) is 0 Å². The highest BCUT2D eigenvalue weighted by atomic mass is 19.4. The van der Waals surface area contributed by atoms with E-state index in [4.69, 9.17) is 0 Å². The fourth-order valence-corrected chi connectivity index (χ4v) is 5.62. The molecule has 0 radical (unpaired) electrons. The molecule has 0 saturated carbocycles. The second kappa shape index (κ2) is 11.7. The molecule has 12 nitrogen and oxygen atoms in total. The van der Waals surface area contributed by atoms with Crippen LogP contribution < -0.4 is 15.5 Å². The Kier molecular flexibility index (Phi) is 7.79. The van der Waals surface area contributed by atoms with Gasteiger partial charge in [0.15, 0.2) is 0 Å². The van der Waals surface area contributed by atoms with Gasteiger partial charge >= 0.3 is 6.18 Å². The van der Waals surface area contributed by atoms with Gasteiger partial charge in [0.1, 0.15) is 17.6 Å². The van der Waals surface area contributed by atoms with Crippen molar-refractivity contribution in [2.75, 3.05) is 23.3 Å². The summed E-state index contributed by atoms with van der Waals surface area (Å²) in [6, 6.07) is 8.04. The summed E-state index contributed by atoms with van der Waals surface area (Å²) >= 11 is 0. The minimum absolute atomic E-state index is 0.0284. The number of fused-ring (bicyclic) bond motifs is 1. The van der Waals surface area contributed by atoms with Gasteiger partial charge in [-0.05, 0) is 56.7 Å². The Hall–Kier alpha value is -5.96. The highest BCUT2D eigenvalue weighted by molar-refractivity contribution is 6.23. The number of nitrogens with zero attached hydrogens (tertiary/aromatic N) is 5. The fraction of sp³-hybridized carbons (Fsp3) is 0.303. The van der Waals surface area contributed by atoms with Crippen LogP contribution in [0.25, 0.3) is 0 Å². The van der Waals surface area contributed by atoms with Gasteiger partial charge in [0.25, 0.3) is 17.7 Å². The monoisotopic (exact) mass is 657 g/mol. The number of carbonyl (C=O) groups excluding carboxylic acids is 5. The van der Waals surface area contributed by atoms with Crippen LogP contribution >= 0.6 is 0 Å². The van der Waals surface area contributed by atoms with Crippen LogP contribution in [-0.2, 0) is 26.1 Å². The van der Waals surface area contributed by atoms with Crippen LogP contribution in [0.5, 0.6) is 0 Å². The highest BCUT2D eigenvalue weighted by Crippen LogP contribution is 2.34. The molecule has 2 aromatic carbocycles. The van der Waals surface area contributed by atoms with E-state index in [0.29, 0.717) is 30.4 Å². The van der Waals surface area contributed by atoms with Crippen molar-refractivity contribution in [3.8, 4) is 17.9 Å². The molecular weight excluding hydrogens is 631 g/mol. The quantitative estimate of drug-likeness (QED) is 0.313. The number of imide groups is 2. The SMILES string of the molecule is CC(C)(C(=O)Nc1ccc(C(F)(F)F)cc1C#N)n1cc(C#CC2CN(c3ccc4c(c3)C(=O)N(C3CCC(=O)NC3=O)C4=O)C2)cn1. The number of hydrogen-bond donors (Lipinski definition) is 2. The molecule has 1 unspecified atom stereocenters. The van der Waals surface area contributed by atoms with Gasteiger partial charge in [-0.1, -0.05) is 11.8 Å². The zero-order valence-electron chi connectivity index (χ0n) is 25.5. The molecule has 3 aromatic rings. The van der Waals surface area contributed by atoms with Crippen molar-refractivity contribution in [1.29, 1.82) is 5.26 Å². The molecule has 6 rings (SSSR count). The van der Waals surface area contributed by atoms with Gasteiger partial charge in [-0.3, -0.25) is 38.9 Å². The van der Waals surface area contributed by atoms with Gasteiger partial charge in [-0.25, -0.2) is 0 Å². The molecule has 15 heteroatoms. The molecular formula is C33H26F3N7O5. The number of alkyl halides is 3. The molecule has 1 atom stereocenters. The Balaban J connectivity index is 1.08. The van der Waals surface area contributed by atoms with E-state index in [2.05, 4.69) is 27.6 Å². The Morgan fingerprint density at radius 1 is 1.04 bits per heavy atom. The summed E-state index contributed by atoms with van der Waals surface area (Å²) in [4.78, 5) is 65.9. The van der Waals surface area contributed by atoms with Gasteiger partial charge in [-0.2, -0.15) is 23.5 Å². The van der Waals surface area contributed by atoms with Crippen molar-refractivity contribution in [3.05, 3.63) is 76.6 Å². The van der Waals surface area contributed by atoms with E-state index in [1.165, 1.54) is 10.9 Å². The van der Waals surface area contributed by atoms with E-state index < -0.39 is 52.9 Å². The van der Waals surface area contributed by atoms with Gasteiger partial charge in [0, 0.05) is 31.4 Å². The third kappa shape index (κ3) is 5.75. The number of benzene rings is 2. The van der Waals surface area contributed by atoms with Gasteiger partial charge in [0.2, 0.25) is 11.8 Å². The second-order valence-electron chi connectivity index (χ2n) is 12.1. The Morgan fingerprint density at radius 2 is 1.77 bits per heavy atom. The van der Waals surface area contributed by atoms with Crippen molar-refractivity contribution in [2.24, 2.45) is 5.92 Å². The summed E-state index contributed by atoms with van der Waals surface area (Å²) in [5.74, 6) is 3.28. The van der Waals surface area contributed by atoms with Crippen LogP contribution in [0.4, 0.5) is 24.5 Å². The molecule has 2 N–H and O–H groups in total. The fourth-order valence-electron chi connectivity index (χ4n) is 5.62. The molecule has 3 aliphatic rings. The molecule has 3 aliphatic heterocycles. The lowest BCUT2D eigenvalue weighted by molar-refractivity contribution is -0.138.